The monoisotopic (exact) mass is 277 g/mol. The third-order valence-electron chi connectivity index (χ3n) is 4.40. The molecule has 0 spiro atoms. The first-order valence-electron chi connectivity index (χ1n) is 7.65. The van der Waals surface area contributed by atoms with Crippen molar-refractivity contribution in [2.24, 2.45) is 7.05 Å². The fourth-order valence-electron chi connectivity index (χ4n) is 3.29. The van der Waals surface area contributed by atoms with Crippen molar-refractivity contribution in [2.45, 2.75) is 57.6 Å². The van der Waals surface area contributed by atoms with E-state index < -0.39 is 0 Å². The van der Waals surface area contributed by atoms with Gasteiger partial charge < -0.3 is 10.1 Å². The van der Waals surface area contributed by atoms with Crippen LogP contribution >= 0.6 is 0 Å². The molecule has 1 aromatic rings. The molecule has 2 heterocycles. The van der Waals surface area contributed by atoms with Crippen LogP contribution in [0.4, 0.5) is 0 Å². The molecule has 1 fully saturated rings. The maximum Gasteiger partial charge on any atom is 0.220 e. The summed E-state index contributed by atoms with van der Waals surface area (Å²) in [5, 5.41) is 7.68. The number of hydrogen-bond donors (Lipinski definition) is 1. The second-order valence-corrected chi connectivity index (χ2v) is 5.85. The van der Waals surface area contributed by atoms with Crippen LogP contribution in [0.2, 0.25) is 0 Å². The summed E-state index contributed by atoms with van der Waals surface area (Å²) in [6, 6.07) is 0.406. The summed E-state index contributed by atoms with van der Waals surface area (Å²) >= 11 is 0. The SMILES string of the molecule is Cn1nc(CCC(=O)NC2CCCC2)c2c1CCOC2. The number of amides is 1. The zero-order valence-electron chi connectivity index (χ0n) is 12.2. The Kier molecular flexibility index (Phi) is 4.05. The van der Waals surface area contributed by atoms with E-state index in [0.717, 1.165) is 31.6 Å². The number of ether oxygens (including phenoxy) is 1. The molecule has 1 aliphatic heterocycles. The fourth-order valence-corrected chi connectivity index (χ4v) is 3.29. The second kappa shape index (κ2) is 5.95. The minimum Gasteiger partial charge on any atom is -0.376 e. The number of hydrogen-bond acceptors (Lipinski definition) is 3. The van der Waals surface area contributed by atoms with Gasteiger partial charge in [0.05, 0.1) is 18.9 Å². The van der Waals surface area contributed by atoms with Crippen LogP contribution in [0, 0.1) is 0 Å². The fraction of sp³-hybridized carbons (Fsp3) is 0.733. The number of carbonyl (C=O) groups excluding carboxylic acids is 1. The number of carbonyl (C=O) groups is 1. The predicted octanol–water partition coefficient (Wildman–Crippen LogP) is 1.48. The van der Waals surface area contributed by atoms with Crippen molar-refractivity contribution in [1.82, 2.24) is 15.1 Å². The predicted molar refractivity (Wildman–Crippen MR) is 75.3 cm³/mol. The van der Waals surface area contributed by atoms with Crippen molar-refractivity contribution in [3.8, 4) is 0 Å². The summed E-state index contributed by atoms with van der Waals surface area (Å²) in [6.45, 7) is 1.41. The first-order valence-corrected chi connectivity index (χ1v) is 7.65. The maximum absolute atomic E-state index is 12.0. The lowest BCUT2D eigenvalue weighted by Crippen LogP contribution is -2.32. The molecule has 3 rings (SSSR count). The Bertz CT molecular complexity index is 490. The molecule has 1 amide bonds. The molecule has 1 saturated carbocycles. The van der Waals surface area contributed by atoms with Crippen LogP contribution in [0.1, 0.15) is 49.1 Å². The van der Waals surface area contributed by atoms with Gasteiger partial charge in [-0.3, -0.25) is 9.48 Å². The number of aryl methyl sites for hydroxylation is 2. The van der Waals surface area contributed by atoms with Gasteiger partial charge in [0.15, 0.2) is 0 Å². The molecule has 0 saturated heterocycles. The van der Waals surface area contributed by atoms with Crippen molar-refractivity contribution in [1.29, 1.82) is 0 Å². The molecule has 0 aromatic carbocycles. The van der Waals surface area contributed by atoms with Crippen LogP contribution in [-0.2, 0) is 36.0 Å². The minimum atomic E-state index is 0.160. The molecular weight excluding hydrogens is 254 g/mol. The summed E-state index contributed by atoms with van der Waals surface area (Å²) in [6.07, 6.45) is 6.93. The van der Waals surface area contributed by atoms with Crippen LogP contribution in [-0.4, -0.2) is 28.3 Å². The normalized spacial score (nSPS) is 19.1. The highest BCUT2D eigenvalue weighted by atomic mass is 16.5. The molecule has 1 aliphatic carbocycles. The Morgan fingerprint density at radius 2 is 2.25 bits per heavy atom. The molecule has 0 bridgehead atoms. The first kappa shape index (κ1) is 13.6. The highest BCUT2D eigenvalue weighted by Crippen LogP contribution is 2.21. The van der Waals surface area contributed by atoms with Gasteiger partial charge in [-0.1, -0.05) is 12.8 Å². The van der Waals surface area contributed by atoms with Crippen LogP contribution in [0.15, 0.2) is 0 Å². The minimum absolute atomic E-state index is 0.160. The van der Waals surface area contributed by atoms with Crippen molar-refractivity contribution in [3.05, 3.63) is 17.0 Å². The number of rotatable bonds is 4. The van der Waals surface area contributed by atoms with E-state index in [-0.39, 0.29) is 5.91 Å². The van der Waals surface area contributed by atoms with Gasteiger partial charge in [-0.25, -0.2) is 0 Å². The van der Waals surface area contributed by atoms with Crippen LogP contribution in [0.5, 0.6) is 0 Å². The molecule has 0 atom stereocenters. The van der Waals surface area contributed by atoms with Gasteiger partial charge in [0, 0.05) is 43.6 Å². The molecule has 1 aromatic heterocycles. The topological polar surface area (TPSA) is 56.2 Å². The molecule has 5 heteroatoms. The third kappa shape index (κ3) is 2.87. The van der Waals surface area contributed by atoms with Gasteiger partial charge in [0.2, 0.25) is 5.91 Å². The quantitative estimate of drug-likeness (QED) is 0.907. The first-order chi connectivity index (χ1) is 9.74. The Labute approximate surface area is 119 Å². The summed E-state index contributed by atoms with van der Waals surface area (Å²) in [5.74, 6) is 0.160. The van der Waals surface area contributed by atoms with E-state index in [0.29, 0.717) is 25.5 Å². The molecule has 5 nitrogen and oxygen atoms in total. The van der Waals surface area contributed by atoms with Crippen molar-refractivity contribution in [3.63, 3.8) is 0 Å². The van der Waals surface area contributed by atoms with Gasteiger partial charge in [-0.2, -0.15) is 5.10 Å². The molecular formula is C15H23N3O2. The van der Waals surface area contributed by atoms with Gasteiger partial charge in [0.1, 0.15) is 0 Å². The van der Waals surface area contributed by atoms with Gasteiger partial charge in [-0.05, 0) is 12.8 Å². The number of fused-ring (bicyclic) bond motifs is 1. The molecule has 1 N–H and O–H groups in total. The average Bonchev–Trinajstić information content (AvgIpc) is 3.06. The van der Waals surface area contributed by atoms with E-state index in [4.69, 9.17) is 4.74 Å². The Morgan fingerprint density at radius 3 is 3.05 bits per heavy atom. The molecule has 0 radical (unpaired) electrons. The number of nitrogens with zero attached hydrogens (tertiary/aromatic N) is 2. The van der Waals surface area contributed by atoms with E-state index in [9.17, 15) is 4.79 Å². The van der Waals surface area contributed by atoms with Crippen molar-refractivity contribution in [2.75, 3.05) is 6.61 Å². The van der Waals surface area contributed by atoms with Crippen LogP contribution in [0.3, 0.4) is 0 Å². The Hall–Kier alpha value is -1.36. The molecule has 2 aliphatic rings. The maximum atomic E-state index is 12.0. The Morgan fingerprint density at radius 1 is 1.45 bits per heavy atom. The number of aromatic nitrogens is 2. The lowest BCUT2D eigenvalue weighted by molar-refractivity contribution is -0.121. The van der Waals surface area contributed by atoms with E-state index in [1.165, 1.54) is 24.1 Å². The zero-order chi connectivity index (χ0) is 13.9. The zero-order valence-corrected chi connectivity index (χ0v) is 12.2. The lowest BCUT2D eigenvalue weighted by Gasteiger charge is -2.14. The summed E-state index contributed by atoms with van der Waals surface area (Å²) in [4.78, 5) is 12.0. The van der Waals surface area contributed by atoms with Crippen molar-refractivity contribution >= 4 is 5.91 Å². The number of nitrogens with one attached hydrogen (secondary N) is 1. The lowest BCUT2D eigenvalue weighted by atomic mass is 10.1. The average molecular weight is 277 g/mol. The highest BCUT2D eigenvalue weighted by Gasteiger charge is 2.21. The molecule has 20 heavy (non-hydrogen) atoms. The van der Waals surface area contributed by atoms with Gasteiger partial charge >= 0.3 is 0 Å². The molecule has 110 valence electrons. The summed E-state index contributed by atoms with van der Waals surface area (Å²) < 4.78 is 7.46. The van der Waals surface area contributed by atoms with Crippen LogP contribution < -0.4 is 5.32 Å². The van der Waals surface area contributed by atoms with Gasteiger partial charge in [0.25, 0.3) is 0 Å². The largest absolute Gasteiger partial charge is 0.376 e. The van der Waals surface area contributed by atoms with Crippen molar-refractivity contribution < 1.29 is 9.53 Å². The Balaban J connectivity index is 1.56. The molecule has 0 unspecified atom stereocenters. The van der Waals surface area contributed by atoms with E-state index in [1.54, 1.807) is 0 Å². The van der Waals surface area contributed by atoms with Gasteiger partial charge in [-0.15, -0.1) is 0 Å². The van der Waals surface area contributed by atoms with Crippen LogP contribution in [0.25, 0.3) is 0 Å². The summed E-state index contributed by atoms with van der Waals surface area (Å²) in [7, 11) is 1.98. The smallest absolute Gasteiger partial charge is 0.220 e. The standard InChI is InChI=1S/C15H23N3O2/c1-18-14-8-9-20-10-12(14)13(17-18)6-7-15(19)16-11-4-2-3-5-11/h11H,2-10H2,1H3,(H,16,19). The van der Waals surface area contributed by atoms with E-state index >= 15 is 0 Å². The third-order valence-corrected chi connectivity index (χ3v) is 4.40. The summed E-state index contributed by atoms with van der Waals surface area (Å²) in [5.41, 5.74) is 3.50. The second-order valence-electron chi connectivity index (χ2n) is 5.85. The van der Waals surface area contributed by atoms with E-state index in [1.807, 2.05) is 11.7 Å². The highest BCUT2D eigenvalue weighted by molar-refractivity contribution is 5.76. The van der Waals surface area contributed by atoms with E-state index in [2.05, 4.69) is 10.4 Å².